The standard InChI is InChI=1S/C13H18BrNO3/c1-4-17-13(16)9(3)18-12-8(2)5-11(14)6-10(12)7-15/h5-6,9H,4,7,15H2,1-3H3. The second kappa shape index (κ2) is 6.75. The van der Waals surface area contributed by atoms with Crippen LogP contribution < -0.4 is 10.5 Å². The molecule has 0 fully saturated rings. The number of hydrogen-bond donors (Lipinski definition) is 1. The largest absolute Gasteiger partial charge is 0.478 e. The molecule has 1 aromatic carbocycles. The molecule has 0 aromatic heterocycles. The Balaban J connectivity index is 2.93. The fraction of sp³-hybridized carbons (Fsp3) is 0.462. The molecular formula is C13H18BrNO3. The predicted molar refractivity (Wildman–Crippen MR) is 73.5 cm³/mol. The molecule has 0 amide bonds. The van der Waals surface area contributed by atoms with Crippen molar-refractivity contribution in [2.24, 2.45) is 5.73 Å². The Labute approximate surface area is 116 Å². The number of halogens is 1. The number of ether oxygens (including phenoxy) is 2. The normalized spacial score (nSPS) is 12.1. The quantitative estimate of drug-likeness (QED) is 0.848. The van der Waals surface area contributed by atoms with Gasteiger partial charge >= 0.3 is 5.97 Å². The van der Waals surface area contributed by atoms with Gasteiger partial charge in [-0.15, -0.1) is 0 Å². The van der Waals surface area contributed by atoms with Gasteiger partial charge in [-0.1, -0.05) is 15.9 Å². The summed E-state index contributed by atoms with van der Waals surface area (Å²) in [5, 5.41) is 0. The third-order valence-electron chi connectivity index (χ3n) is 2.45. The number of hydrogen-bond acceptors (Lipinski definition) is 4. The van der Waals surface area contributed by atoms with Crippen LogP contribution in [-0.4, -0.2) is 18.7 Å². The number of carbonyl (C=O) groups excluding carboxylic acids is 1. The third-order valence-corrected chi connectivity index (χ3v) is 2.91. The van der Waals surface area contributed by atoms with Crippen LogP contribution in [0.2, 0.25) is 0 Å². The van der Waals surface area contributed by atoms with Crippen molar-refractivity contribution in [2.75, 3.05) is 6.61 Å². The highest BCUT2D eigenvalue weighted by atomic mass is 79.9. The summed E-state index contributed by atoms with van der Waals surface area (Å²) in [6.07, 6.45) is -0.643. The maximum Gasteiger partial charge on any atom is 0.347 e. The van der Waals surface area contributed by atoms with Crippen molar-refractivity contribution < 1.29 is 14.3 Å². The second-order valence-corrected chi connectivity index (χ2v) is 4.84. The first kappa shape index (κ1) is 15.0. The minimum Gasteiger partial charge on any atom is -0.478 e. The lowest BCUT2D eigenvalue weighted by atomic mass is 10.1. The van der Waals surface area contributed by atoms with Crippen molar-refractivity contribution in [1.29, 1.82) is 0 Å². The lowest BCUT2D eigenvalue weighted by Crippen LogP contribution is -2.27. The highest BCUT2D eigenvalue weighted by Crippen LogP contribution is 2.28. The molecule has 4 nitrogen and oxygen atoms in total. The number of esters is 1. The van der Waals surface area contributed by atoms with Gasteiger partial charge in [-0.25, -0.2) is 4.79 Å². The summed E-state index contributed by atoms with van der Waals surface area (Å²) < 4.78 is 11.5. The Morgan fingerprint density at radius 1 is 1.50 bits per heavy atom. The first-order valence-corrected chi connectivity index (χ1v) is 6.61. The van der Waals surface area contributed by atoms with Gasteiger partial charge in [0.15, 0.2) is 6.10 Å². The first-order chi connectivity index (χ1) is 8.49. The number of nitrogens with two attached hydrogens (primary N) is 1. The van der Waals surface area contributed by atoms with E-state index in [2.05, 4.69) is 15.9 Å². The van der Waals surface area contributed by atoms with E-state index in [-0.39, 0.29) is 5.97 Å². The van der Waals surface area contributed by atoms with Crippen LogP contribution in [0, 0.1) is 6.92 Å². The molecule has 1 atom stereocenters. The molecule has 0 bridgehead atoms. The van der Waals surface area contributed by atoms with E-state index in [1.807, 2.05) is 19.1 Å². The topological polar surface area (TPSA) is 61.5 Å². The Kier molecular flexibility index (Phi) is 5.62. The molecule has 5 heteroatoms. The van der Waals surface area contributed by atoms with Crippen molar-refractivity contribution in [3.63, 3.8) is 0 Å². The van der Waals surface area contributed by atoms with Gasteiger partial charge in [-0.3, -0.25) is 0 Å². The molecule has 0 aliphatic heterocycles. The van der Waals surface area contributed by atoms with Crippen LogP contribution in [0.25, 0.3) is 0 Å². The highest BCUT2D eigenvalue weighted by Gasteiger charge is 2.18. The Bertz CT molecular complexity index is 434. The van der Waals surface area contributed by atoms with Crippen molar-refractivity contribution in [2.45, 2.75) is 33.4 Å². The summed E-state index contributed by atoms with van der Waals surface area (Å²) >= 11 is 3.41. The van der Waals surface area contributed by atoms with Gasteiger partial charge in [0.05, 0.1) is 6.61 Å². The minimum absolute atomic E-state index is 0.343. The van der Waals surface area contributed by atoms with E-state index < -0.39 is 6.10 Å². The Morgan fingerprint density at radius 2 is 2.17 bits per heavy atom. The number of benzene rings is 1. The second-order valence-electron chi connectivity index (χ2n) is 3.93. The summed E-state index contributed by atoms with van der Waals surface area (Å²) in [7, 11) is 0. The number of carbonyl (C=O) groups is 1. The molecule has 0 heterocycles. The average molecular weight is 316 g/mol. The third kappa shape index (κ3) is 3.71. The predicted octanol–water partition coefficient (Wildman–Crippen LogP) is 2.55. The zero-order chi connectivity index (χ0) is 13.7. The molecule has 0 spiro atoms. The average Bonchev–Trinajstić information content (AvgIpc) is 2.32. The number of aryl methyl sites for hydroxylation is 1. The molecule has 0 saturated heterocycles. The monoisotopic (exact) mass is 315 g/mol. The molecule has 0 aliphatic rings. The first-order valence-electron chi connectivity index (χ1n) is 5.82. The lowest BCUT2D eigenvalue weighted by Gasteiger charge is -2.18. The number of rotatable bonds is 5. The van der Waals surface area contributed by atoms with Crippen molar-refractivity contribution >= 4 is 21.9 Å². The summed E-state index contributed by atoms with van der Waals surface area (Å²) in [6, 6.07) is 3.81. The molecule has 1 rings (SSSR count). The van der Waals surface area contributed by atoms with Gasteiger partial charge < -0.3 is 15.2 Å². The summed E-state index contributed by atoms with van der Waals surface area (Å²) in [4.78, 5) is 11.5. The minimum atomic E-state index is -0.643. The van der Waals surface area contributed by atoms with Crippen LogP contribution in [0.5, 0.6) is 5.75 Å². The molecule has 2 N–H and O–H groups in total. The van der Waals surface area contributed by atoms with Crippen LogP contribution in [0.4, 0.5) is 0 Å². The molecule has 18 heavy (non-hydrogen) atoms. The van der Waals surface area contributed by atoms with Gasteiger partial charge in [0.1, 0.15) is 5.75 Å². The summed E-state index contributed by atoms with van der Waals surface area (Å²) in [5.41, 5.74) is 7.47. The van der Waals surface area contributed by atoms with Gasteiger partial charge in [0.25, 0.3) is 0 Å². The van der Waals surface area contributed by atoms with Gasteiger partial charge in [-0.2, -0.15) is 0 Å². The van der Waals surface area contributed by atoms with Gasteiger partial charge in [-0.05, 0) is 38.5 Å². The molecule has 1 aromatic rings. The summed E-state index contributed by atoms with van der Waals surface area (Å²) in [5.74, 6) is 0.282. The van der Waals surface area contributed by atoms with E-state index in [0.717, 1.165) is 15.6 Å². The smallest absolute Gasteiger partial charge is 0.347 e. The van der Waals surface area contributed by atoms with E-state index in [1.54, 1.807) is 13.8 Å². The fourth-order valence-electron chi connectivity index (χ4n) is 1.60. The summed E-state index contributed by atoms with van der Waals surface area (Å²) in [6.45, 7) is 6.04. The zero-order valence-corrected chi connectivity index (χ0v) is 12.4. The van der Waals surface area contributed by atoms with Gasteiger partial charge in [0.2, 0.25) is 0 Å². The van der Waals surface area contributed by atoms with Crippen LogP contribution in [-0.2, 0) is 16.1 Å². The van der Waals surface area contributed by atoms with Crippen LogP contribution in [0.1, 0.15) is 25.0 Å². The molecule has 0 saturated carbocycles. The van der Waals surface area contributed by atoms with Crippen molar-refractivity contribution in [3.05, 3.63) is 27.7 Å². The van der Waals surface area contributed by atoms with E-state index >= 15 is 0 Å². The van der Waals surface area contributed by atoms with Crippen LogP contribution >= 0.6 is 15.9 Å². The SMILES string of the molecule is CCOC(=O)C(C)Oc1c(C)cc(Br)cc1CN. The fourth-order valence-corrected chi connectivity index (χ4v) is 2.22. The molecule has 1 unspecified atom stereocenters. The van der Waals surface area contributed by atoms with Crippen molar-refractivity contribution in [3.8, 4) is 5.75 Å². The lowest BCUT2D eigenvalue weighted by molar-refractivity contribution is -0.150. The molecule has 0 radical (unpaired) electrons. The molecular weight excluding hydrogens is 298 g/mol. The van der Waals surface area contributed by atoms with Crippen LogP contribution in [0.3, 0.4) is 0 Å². The molecule has 100 valence electrons. The molecule has 0 aliphatic carbocycles. The van der Waals surface area contributed by atoms with Crippen LogP contribution in [0.15, 0.2) is 16.6 Å². The highest BCUT2D eigenvalue weighted by molar-refractivity contribution is 9.10. The van der Waals surface area contributed by atoms with Crippen molar-refractivity contribution in [1.82, 2.24) is 0 Å². The van der Waals surface area contributed by atoms with E-state index in [4.69, 9.17) is 15.2 Å². The van der Waals surface area contributed by atoms with E-state index in [1.165, 1.54) is 0 Å². The Morgan fingerprint density at radius 3 is 2.72 bits per heavy atom. The van der Waals surface area contributed by atoms with E-state index in [0.29, 0.717) is 18.9 Å². The van der Waals surface area contributed by atoms with E-state index in [9.17, 15) is 4.79 Å². The van der Waals surface area contributed by atoms with Gasteiger partial charge in [0, 0.05) is 16.6 Å². The Hall–Kier alpha value is -1.07. The maximum absolute atomic E-state index is 11.5. The zero-order valence-electron chi connectivity index (χ0n) is 10.8. The maximum atomic E-state index is 11.5.